The first-order valence-corrected chi connectivity index (χ1v) is 9.08. The van der Waals surface area contributed by atoms with Crippen LogP contribution in [0.5, 0.6) is 11.5 Å². The molecule has 1 saturated heterocycles. The number of ether oxygens (including phenoxy) is 3. The fourth-order valence-corrected chi connectivity index (χ4v) is 2.76. The van der Waals surface area contributed by atoms with Crippen molar-refractivity contribution in [3.63, 3.8) is 0 Å². The van der Waals surface area contributed by atoms with Crippen molar-refractivity contribution in [1.29, 1.82) is 0 Å². The summed E-state index contributed by atoms with van der Waals surface area (Å²) in [6, 6.07) is 12.6. The molecule has 146 valence electrons. The summed E-state index contributed by atoms with van der Waals surface area (Å²) >= 11 is 0. The number of carbonyl (C=O) groups excluding carboxylic acids is 2. The highest BCUT2D eigenvalue weighted by Crippen LogP contribution is 2.29. The normalized spacial score (nSPS) is 14.1. The number of ketones is 1. The number of morpholine rings is 1. The number of benzene rings is 2. The molecule has 2 aromatic carbocycles. The lowest BCUT2D eigenvalue weighted by Gasteiger charge is -2.26. The van der Waals surface area contributed by atoms with Crippen molar-refractivity contribution in [3.8, 4) is 11.5 Å². The molecule has 1 heterocycles. The average molecular weight is 381 g/mol. The first-order valence-electron chi connectivity index (χ1n) is 9.08. The molecular formula is C22H23NO5. The summed E-state index contributed by atoms with van der Waals surface area (Å²) in [5.41, 5.74) is 2.50. The summed E-state index contributed by atoms with van der Waals surface area (Å²) in [6.45, 7) is 3.99. The van der Waals surface area contributed by atoms with Gasteiger partial charge in [-0.05, 0) is 30.7 Å². The first-order chi connectivity index (χ1) is 13.6. The molecule has 6 nitrogen and oxygen atoms in total. The van der Waals surface area contributed by atoms with Crippen molar-refractivity contribution >= 4 is 18.0 Å². The Morgan fingerprint density at radius 1 is 1.04 bits per heavy atom. The Balaban J connectivity index is 1.69. The summed E-state index contributed by atoms with van der Waals surface area (Å²) in [7, 11) is 1.51. The Bertz CT molecular complexity index is 867. The van der Waals surface area contributed by atoms with Crippen molar-refractivity contribution in [2.45, 2.75) is 6.92 Å². The van der Waals surface area contributed by atoms with Crippen LogP contribution in [-0.4, -0.2) is 50.2 Å². The first kappa shape index (κ1) is 19.6. The molecule has 0 saturated carbocycles. The maximum absolute atomic E-state index is 12.3. The quantitative estimate of drug-likeness (QED) is 0.583. The Morgan fingerprint density at radius 3 is 2.43 bits per heavy atom. The van der Waals surface area contributed by atoms with Gasteiger partial charge in [0, 0.05) is 18.7 Å². The molecule has 1 fully saturated rings. The summed E-state index contributed by atoms with van der Waals surface area (Å²) < 4.78 is 16.0. The highest BCUT2D eigenvalue weighted by molar-refractivity contribution is 6.06. The molecule has 0 N–H and O–H groups in total. The van der Waals surface area contributed by atoms with Gasteiger partial charge in [0.2, 0.25) is 0 Å². The fraction of sp³-hybridized carbons (Fsp3) is 0.273. The molecule has 1 aliphatic rings. The van der Waals surface area contributed by atoms with Gasteiger partial charge >= 0.3 is 6.09 Å². The molecule has 0 aliphatic carbocycles. The molecule has 0 atom stereocenters. The lowest BCUT2D eigenvalue weighted by Crippen LogP contribution is -2.42. The van der Waals surface area contributed by atoms with Crippen LogP contribution in [0, 0.1) is 6.92 Å². The lowest BCUT2D eigenvalue weighted by molar-refractivity contribution is 0.0413. The predicted octanol–water partition coefficient (Wildman–Crippen LogP) is 3.73. The van der Waals surface area contributed by atoms with E-state index in [0.717, 1.165) is 11.1 Å². The molecule has 0 aromatic heterocycles. The van der Waals surface area contributed by atoms with Crippen LogP contribution in [-0.2, 0) is 4.74 Å². The largest absolute Gasteiger partial charge is 0.493 e. The second-order valence-electron chi connectivity index (χ2n) is 6.44. The van der Waals surface area contributed by atoms with E-state index < -0.39 is 6.09 Å². The zero-order valence-electron chi connectivity index (χ0n) is 16.0. The smallest absolute Gasteiger partial charge is 0.415 e. The number of methoxy groups -OCH3 is 1. The SMILES string of the molecule is COc1cc(/C=C/C(=O)c2ccc(C)cc2)ccc1OC(=O)N1CCOCC1. The third kappa shape index (κ3) is 4.98. The molecule has 1 aliphatic heterocycles. The summed E-state index contributed by atoms with van der Waals surface area (Å²) in [5.74, 6) is 0.675. The van der Waals surface area contributed by atoms with Crippen LogP contribution in [0.3, 0.4) is 0 Å². The molecule has 28 heavy (non-hydrogen) atoms. The topological polar surface area (TPSA) is 65.1 Å². The average Bonchev–Trinajstić information content (AvgIpc) is 2.73. The van der Waals surface area contributed by atoms with Crippen LogP contribution < -0.4 is 9.47 Å². The van der Waals surface area contributed by atoms with E-state index in [1.54, 1.807) is 41.3 Å². The Hall–Kier alpha value is -3.12. The third-order valence-corrected chi connectivity index (χ3v) is 4.42. The minimum Gasteiger partial charge on any atom is -0.493 e. The molecule has 0 unspecified atom stereocenters. The summed E-state index contributed by atoms with van der Waals surface area (Å²) in [6.07, 6.45) is 2.79. The predicted molar refractivity (Wildman–Crippen MR) is 106 cm³/mol. The minimum absolute atomic E-state index is 0.0817. The maximum Gasteiger partial charge on any atom is 0.415 e. The van der Waals surface area contributed by atoms with E-state index >= 15 is 0 Å². The van der Waals surface area contributed by atoms with Gasteiger partial charge in [-0.25, -0.2) is 4.79 Å². The molecular weight excluding hydrogens is 358 g/mol. The van der Waals surface area contributed by atoms with Crippen LogP contribution in [0.4, 0.5) is 4.79 Å². The van der Waals surface area contributed by atoms with Crippen LogP contribution in [0.1, 0.15) is 21.5 Å². The molecule has 2 aromatic rings. The lowest BCUT2D eigenvalue weighted by atomic mass is 10.1. The van der Waals surface area contributed by atoms with Crippen LogP contribution >= 0.6 is 0 Å². The second kappa shape index (κ2) is 9.19. The molecule has 1 amide bonds. The van der Waals surface area contributed by atoms with E-state index in [1.807, 2.05) is 19.1 Å². The number of rotatable bonds is 5. The zero-order chi connectivity index (χ0) is 19.9. The van der Waals surface area contributed by atoms with E-state index in [0.29, 0.717) is 43.4 Å². The fourth-order valence-electron chi connectivity index (χ4n) is 2.76. The Labute approximate surface area is 164 Å². The monoisotopic (exact) mass is 381 g/mol. The minimum atomic E-state index is -0.431. The number of nitrogens with zero attached hydrogens (tertiary/aromatic N) is 1. The number of hydrogen-bond donors (Lipinski definition) is 0. The number of amides is 1. The van der Waals surface area contributed by atoms with Crippen molar-refractivity contribution in [1.82, 2.24) is 4.90 Å². The molecule has 0 radical (unpaired) electrons. The molecule has 0 spiro atoms. The highest BCUT2D eigenvalue weighted by Gasteiger charge is 2.20. The third-order valence-electron chi connectivity index (χ3n) is 4.42. The van der Waals surface area contributed by atoms with Crippen LogP contribution in [0.15, 0.2) is 48.5 Å². The van der Waals surface area contributed by atoms with E-state index in [1.165, 1.54) is 13.2 Å². The number of hydrogen-bond acceptors (Lipinski definition) is 5. The standard InChI is InChI=1S/C22H23NO5/c1-16-3-7-18(8-4-16)19(24)9-5-17-6-10-20(21(15-17)26-2)28-22(25)23-11-13-27-14-12-23/h3-10,15H,11-14H2,1-2H3/b9-5+. The van der Waals surface area contributed by atoms with Crippen LogP contribution in [0.25, 0.3) is 6.08 Å². The van der Waals surface area contributed by atoms with Crippen molar-refractivity contribution in [2.75, 3.05) is 33.4 Å². The summed E-state index contributed by atoms with van der Waals surface area (Å²) in [4.78, 5) is 26.1. The van der Waals surface area contributed by atoms with Gasteiger partial charge < -0.3 is 19.1 Å². The van der Waals surface area contributed by atoms with Gasteiger partial charge in [0.15, 0.2) is 17.3 Å². The number of allylic oxidation sites excluding steroid dienone is 1. The van der Waals surface area contributed by atoms with E-state index in [2.05, 4.69) is 0 Å². The van der Waals surface area contributed by atoms with Gasteiger partial charge in [0.1, 0.15) is 0 Å². The van der Waals surface area contributed by atoms with E-state index in [9.17, 15) is 9.59 Å². The van der Waals surface area contributed by atoms with Crippen LogP contribution in [0.2, 0.25) is 0 Å². The highest BCUT2D eigenvalue weighted by atomic mass is 16.6. The van der Waals surface area contributed by atoms with Crippen molar-refractivity contribution in [3.05, 3.63) is 65.2 Å². The van der Waals surface area contributed by atoms with Gasteiger partial charge in [-0.15, -0.1) is 0 Å². The van der Waals surface area contributed by atoms with Gasteiger partial charge in [-0.1, -0.05) is 42.0 Å². The molecule has 6 heteroatoms. The zero-order valence-corrected chi connectivity index (χ0v) is 16.0. The summed E-state index contributed by atoms with van der Waals surface area (Å²) in [5, 5.41) is 0. The van der Waals surface area contributed by atoms with E-state index in [4.69, 9.17) is 14.2 Å². The van der Waals surface area contributed by atoms with Gasteiger partial charge in [-0.3, -0.25) is 4.79 Å². The Morgan fingerprint density at radius 2 is 1.75 bits per heavy atom. The van der Waals surface area contributed by atoms with Gasteiger partial charge in [-0.2, -0.15) is 0 Å². The van der Waals surface area contributed by atoms with Gasteiger partial charge in [0.25, 0.3) is 0 Å². The number of aryl methyl sites for hydroxylation is 1. The molecule has 0 bridgehead atoms. The second-order valence-corrected chi connectivity index (χ2v) is 6.44. The Kier molecular flexibility index (Phi) is 6.45. The van der Waals surface area contributed by atoms with E-state index in [-0.39, 0.29) is 5.78 Å². The van der Waals surface area contributed by atoms with Gasteiger partial charge in [0.05, 0.1) is 20.3 Å². The van der Waals surface area contributed by atoms with Crippen molar-refractivity contribution < 1.29 is 23.8 Å². The van der Waals surface area contributed by atoms with Crippen molar-refractivity contribution in [2.24, 2.45) is 0 Å². The maximum atomic E-state index is 12.3. The number of carbonyl (C=O) groups is 2. The molecule has 3 rings (SSSR count).